The maximum Gasteiger partial charge on any atom is 0.159 e. The van der Waals surface area contributed by atoms with E-state index in [4.69, 9.17) is 0 Å². The molecular weight excluding hydrogens is 272 g/mol. The van der Waals surface area contributed by atoms with E-state index in [0.29, 0.717) is 12.2 Å². The lowest BCUT2D eigenvalue weighted by atomic mass is 10.1. The Labute approximate surface area is 137 Å². The topological polar surface area (TPSA) is 41.8 Å². The molecule has 0 aromatic carbocycles. The molecule has 22 heavy (non-hydrogen) atoms. The molecule has 0 N–H and O–H groups in total. The van der Waals surface area contributed by atoms with Crippen LogP contribution < -0.4 is 0 Å². The van der Waals surface area contributed by atoms with Crippen LogP contribution in [0.1, 0.15) is 103 Å². The molecule has 0 aliphatic heterocycles. The van der Waals surface area contributed by atoms with E-state index in [9.17, 15) is 4.79 Å². The highest BCUT2D eigenvalue weighted by Gasteiger charge is 2.19. The van der Waals surface area contributed by atoms with Crippen molar-refractivity contribution in [3.63, 3.8) is 0 Å². The van der Waals surface area contributed by atoms with Gasteiger partial charge in [0, 0.05) is 6.42 Å². The summed E-state index contributed by atoms with van der Waals surface area (Å²) in [4.78, 5) is 11.8. The molecule has 128 valence electrons. The number of unbranched alkanes of at least 4 members (excludes halogenated alkanes) is 9. The summed E-state index contributed by atoms with van der Waals surface area (Å²) < 4.78 is 0. The number of carbonyl (C=O) groups is 1. The van der Waals surface area contributed by atoms with Crippen molar-refractivity contribution < 1.29 is 4.79 Å². The SMILES string of the molecule is CCCCCCCCCCCCN=NC1CCCCCC1=O. The van der Waals surface area contributed by atoms with Crippen molar-refractivity contribution in [3.05, 3.63) is 0 Å². The van der Waals surface area contributed by atoms with Crippen LogP contribution in [0.4, 0.5) is 0 Å². The maximum absolute atomic E-state index is 11.8. The summed E-state index contributed by atoms with van der Waals surface area (Å²) in [6.45, 7) is 3.07. The lowest BCUT2D eigenvalue weighted by Gasteiger charge is -2.05. The third-order valence-corrected chi connectivity index (χ3v) is 4.61. The van der Waals surface area contributed by atoms with Gasteiger partial charge in [0.25, 0.3) is 0 Å². The fourth-order valence-electron chi connectivity index (χ4n) is 3.09. The first-order chi connectivity index (χ1) is 10.8. The summed E-state index contributed by atoms with van der Waals surface area (Å²) in [6, 6.07) is -0.120. The number of ketones is 1. The third kappa shape index (κ3) is 10.1. The number of azo groups is 1. The smallest absolute Gasteiger partial charge is 0.159 e. The molecule has 1 aliphatic carbocycles. The Bertz CT molecular complexity index is 302. The van der Waals surface area contributed by atoms with Gasteiger partial charge in [0.05, 0.1) is 6.54 Å². The summed E-state index contributed by atoms with van der Waals surface area (Å²) in [5, 5.41) is 8.53. The van der Waals surface area contributed by atoms with Gasteiger partial charge in [-0.05, 0) is 19.3 Å². The van der Waals surface area contributed by atoms with E-state index in [1.165, 1.54) is 64.2 Å². The molecule has 0 bridgehead atoms. The molecule has 0 saturated heterocycles. The lowest BCUT2D eigenvalue weighted by Crippen LogP contribution is -2.15. The minimum absolute atomic E-state index is 0.120. The van der Waals surface area contributed by atoms with Gasteiger partial charge in [-0.25, -0.2) is 0 Å². The van der Waals surface area contributed by atoms with Gasteiger partial charge in [0.15, 0.2) is 5.78 Å². The van der Waals surface area contributed by atoms with Gasteiger partial charge in [-0.3, -0.25) is 4.79 Å². The van der Waals surface area contributed by atoms with Gasteiger partial charge in [-0.15, -0.1) is 0 Å². The zero-order chi connectivity index (χ0) is 15.9. The Morgan fingerprint density at radius 1 is 0.864 bits per heavy atom. The van der Waals surface area contributed by atoms with E-state index in [-0.39, 0.29) is 6.04 Å². The van der Waals surface area contributed by atoms with Gasteiger partial charge in [-0.1, -0.05) is 77.6 Å². The highest BCUT2D eigenvalue weighted by molar-refractivity contribution is 5.84. The van der Waals surface area contributed by atoms with Crippen molar-refractivity contribution in [1.82, 2.24) is 0 Å². The molecule has 0 aromatic rings. The van der Waals surface area contributed by atoms with Gasteiger partial charge in [-0.2, -0.15) is 10.2 Å². The van der Waals surface area contributed by atoms with Crippen molar-refractivity contribution in [1.29, 1.82) is 0 Å². The number of nitrogens with zero attached hydrogens (tertiary/aromatic N) is 2. The van der Waals surface area contributed by atoms with Gasteiger partial charge >= 0.3 is 0 Å². The van der Waals surface area contributed by atoms with Crippen LogP contribution in [0.5, 0.6) is 0 Å². The van der Waals surface area contributed by atoms with E-state index in [1.54, 1.807) is 0 Å². The second-order valence-electron chi connectivity index (χ2n) is 6.74. The molecule has 0 heterocycles. The van der Waals surface area contributed by atoms with Crippen molar-refractivity contribution in [2.24, 2.45) is 10.2 Å². The first-order valence-electron chi connectivity index (χ1n) is 9.74. The third-order valence-electron chi connectivity index (χ3n) is 4.61. The largest absolute Gasteiger partial charge is 0.297 e. The lowest BCUT2D eigenvalue weighted by molar-refractivity contribution is -0.120. The van der Waals surface area contributed by atoms with E-state index < -0.39 is 0 Å². The quantitative estimate of drug-likeness (QED) is 0.238. The molecule has 0 spiro atoms. The molecule has 1 unspecified atom stereocenters. The average molecular weight is 309 g/mol. The number of Topliss-reactive ketones (excluding diaryl/α,β-unsaturated/α-hetero) is 1. The van der Waals surface area contributed by atoms with Crippen LogP contribution in [0.25, 0.3) is 0 Å². The predicted molar refractivity (Wildman–Crippen MR) is 93.4 cm³/mol. The monoisotopic (exact) mass is 308 g/mol. The molecule has 1 saturated carbocycles. The molecule has 0 amide bonds. The Morgan fingerprint density at radius 2 is 1.50 bits per heavy atom. The summed E-state index contributed by atoms with van der Waals surface area (Å²) in [5.41, 5.74) is 0. The minimum atomic E-state index is -0.120. The minimum Gasteiger partial charge on any atom is -0.297 e. The van der Waals surface area contributed by atoms with Crippen LogP contribution in [0.15, 0.2) is 10.2 Å². The Balaban J connectivity index is 1.90. The second kappa shape index (κ2) is 13.9. The van der Waals surface area contributed by atoms with Crippen LogP contribution in [-0.4, -0.2) is 18.4 Å². The Kier molecular flexibility index (Phi) is 12.2. The zero-order valence-corrected chi connectivity index (χ0v) is 14.7. The molecule has 3 heteroatoms. The van der Waals surface area contributed by atoms with Gasteiger partial charge < -0.3 is 0 Å². The zero-order valence-electron chi connectivity index (χ0n) is 14.7. The summed E-state index contributed by atoms with van der Waals surface area (Å²) in [7, 11) is 0. The Morgan fingerprint density at radius 3 is 2.18 bits per heavy atom. The summed E-state index contributed by atoms with van der Waals surface area (Å²) in [5.74, 6) is 0.310. The van der Waals surface area contributed by atoms with E-state index in [1.807, 2.05) is 0 Å². The highest BCUT2D eigenvalue weighted by Crippen LogP contribution is 2.17. The van der Waals surface area contributed by atoms with Crippen LogP contribution in [-0.2, 0) is 4.79 Å². The fraction of sp³-hybridized carbons (Fsp3) is 0.947. The van der Waals surface area contributed by atoms with Gasteiger partial charge in [0.2, 0.25) is 0 Å². The number of rotatable bonds is 12. The van der Waals surface area contributed by atoms with Crippen molar-refractivity contribution in [2.45, 2.75) is 109 Å². The second-order valence-corrected chi connectivity index (χ2v) is 6.74. The molecule has 1 fully saturated rings. The first-order valence-corrected chi connectivity index (χ1v) is 9.74. The molecule has 3 nitrogen and oxygen atoms in total. The van der Waals surface area contributed by atoms with E-state index >= 15 is 0 Å². The van der Waals surface area contributed by atoms with Crippen molar-refractivity contribution in [2.75, 3.05) is 6.54 Å². The van der Waals surface area contributed by atoms with Crippen LogP contribution in [0.3, 0.4) is 0 Å². The molecule has 1 atom stereocenters. The van der Waals surface area contributed by atoms with Crippen LogP contribution >= 0.6 is 0 Å². The molecular formula is C19H36N2O. The van der Waals surface area contributed by atoms with Gasteiger partial charge in [0.1, 0.15) is 6.04 Å². The van der Waals surface area contributed by atoms with E-state index in [0.717, 1.165) is 32.2 Å². The van der Waals surface area contributed by atoms with Crippen LogP contribution in [0.2, 0.25) is 0 Å². The average Bonchev–Trinajstić information content (AvgIpc) is 2.73. The number of carbonyl (C=O) groups excluding carboxylic acids is 1. The molecule has 1 rings (SSSR count). The normalized spacial score (nSPS) is 19.7. The van der Waals surface area contributed by atoms with Crippen molar-refractivity contribution >= 4 is 5.78 Å². The molecule has 1 aliphatic rings. The maximum atomic E-state index is 11.8. The summed E-state index contributed by atoms with van der Waals surface area (Å²) >= 11 is 0. The number of hydrogen-bond acceptors (Lipinski definition) is 3. The molecule has 0 radical (unpaired) electrons. The fourth-order valence-corrected chi connectivity index (χ4v) is 3.09. The standard InChI is InChI=1S/C19H36N2O/c1-2-3-4-5-6-7-8-9-10-14-17-20-21-18-15-12-11-13-16-19(18)22/h18H,2-17H2,1H3. The van der Waals surface area contributed by atoms with E-state index in [2.05, 4.69) is 17.2 Å². The first kappa shape index (κ1) is 19.3. The number of hydrogen-bond donors (Lipinski definition) is 0. The van der Waals surface area contributed by atoms with Crippen LogP contribution in [0, 0.1) is 0 Å². The summed E-state index contributed by atoms with van der Waals surface area (Å²) in [6.07, 6.45) is 18.4. The van der Waals surface area contributed by atoms with Crippen molar-refractivity contribution in [3.8, 4) is 0 Å². The Hall–Kier alpha value is -0.730. The predicted octanol–water partition coefficient (Wildman–Crippen LogP) is 6.26. The molecule has 0 aromatic heterocycles. The highest BCUT2D eigenvalue weighted by atomic mass is 16.1.